The number of carbonyl (C=O) groups is 2. The fourth-order valence-corrected chi connectivity index (χ4v) is 5.59. The molecule has 294 valence electrons. The first-order chi connectivity index (χ1) is 26.1. The van der Waals surface area contributed by atoms with Crippen LogP contribution in [0.2, 0.25) is 0 Å². The van der Waals surface area contributed by atoms with Crippen molar-refractivity contribution in [2.75, 3.05) is 14.2 Å². The minimum atomic E-state index is -0.171. The molecule has 0 aliphatic heterocycles. The van der Waals surface area contributed by atoms with Crippen LogP contribution in [-0.2, 0) is 12.8 Å². The molecule has 4 aromatic rings. The van der Waals surface area contributed by atoms with E-state index >= 15 is 0 Å². The lowest BCUT2D eigenvalue weighted by molar-refractivity contribution is 0.0915. The zero-order valence-electron chi connectivity index (χ0n) is 35.5. The summed E-state index contributed by atoms with van der Waals surface area (Å²) in [7, 11) is 3.34. The topological polar surface area (TPSA) is 52.6 Å². The normalized spacial score (nSPS) is 12.4. The second-order valence-corrected chi connectivity index (χ2v) is 12.9. The number of methoxy groups -OCH3 is 2. The lowest BCUT2D eigenvalue weighted by Crippen LogP contribution is -2.18. The van der Waals surface area contributed by atoms with E-state index in [2.05, 4.69) is 88.4 Å². The average molecular weight is 735 g/mol. The van der Waals surface area contributed by atoms with Crippen LogP contribution < -0.4 is 9.47 Å². The van der Waals surface area contributed by atoms with Crippen molar-refractivity contribution in [2.45, 2.75) is 101 Å². The van der Waals surface area contributed by atoms with Crippen LogP contribution in [0.4, 0.5) is 0 Å². The molecule has 4 aromatic carbocycles. The Hall–Kier alpha value is -4.70. The van der Waals surface area contributed by atoms with Gasteiger partial charge in [-0.2, -0.15) is 0 Å². The van der Waals surface area contributed by atoms with Crippen LogP contribution in [0.5, 0.6) is 11.5 Å². The van der Waals surface area contributed by atoms with Crippen molar-refractivity contribution in [1.29, 1.82) is 0 Å². The molecule has 0 N–H and O–H groups in total. The van der Waals surface area contributed by atoms with Gasteiger partial charge in [0.15, 0.2) is 5.78 Å². The van der Waals surface area contributed by atoms with Crippen LogP contribution in [0, 0.1) is 17.8 Å². The number of hydrogen-bond acceptors (Lipinski definition) is 4. The summed E-state index contributed by atoms with van der Waals surface area (Å²) in [4.78, 5) is 23.5. The molecule has 0 fully saturated rings. The maximum atomic E-state index is 12.6. The molecular weight excluding hydrogens is 665 g/mol. The molecule has 0 aromatic heterocycles. The minimum absolute atomic E-state index is 0.0482. The second-order valence-electron chi connectivity index (χ2n) is 12.9. The number of hydrogen-bond donors (Lipinski definition) is 0. The Morgan fingerprint density at radius 1 is 0.685 bits per heavy atom. The average Bonchev–Trinajstić information content (AvgIpc) is 3.24. The van der Waals surface area contributed by atoms with Crippen LogP contribution in [0.15, 0.2) is 127 Å². The lowest BCUT2D eigenvalue weighted by Gasteiger charge is -2.19. The molecule has 0 saturated heterocycles. The van der Waals surface area contributed by atoms with Crippen molar-refractivity contribution in [2.24, 2.45) is 17.8 Å². The van der Waals surface area contributed by atoms with Gasteiger partial charge in [0, 0.05) is 17.0 Å². The van der Waals surface area contributed by atoms with E-state index in [1.807, 2.05) is 84.0 Å². The summed E-state index contributed by atoms with van der Waals surface area (Å²) in [5, 5.41) is 0. The number of benzene rings is 4. The van der Waals surface area contributed by atoms with Crippen molar-refractivity contribution >= 4 is 12.1 Å². The molecule has 0 aliphatic carbocycles. The molecule has 54 heavy (non-hydrogen) atoms. The van der Waals surface area contributed by atoms with Gasteiger partial charge in [-0.05, 0) is 90.5 Å². The zero-order chi connectivity index (χ0) is 40.7. The van der Waals surface area contributed by atoms with E-state index in [4.69, 9.17) is 9.47 Å². The molecule has 4 unspecified atom stereocenters. The van der Waals surface area contributed by atoms with E-state index < -0.39 is 0 Å². The SMILES string of the molecule is CC.CC.CC/C=C\C=C/C(C)CC(C)Cc1ccc(OC)cc1.CCc1ccccc1.COc1ccc(C(C)C(C)C(=O)c2cccc(C=O)c2)cc1. The Balaban J connectivity index is 0.000000805. The highest BCUT2D eigenvalue weighted by Crippen LogP contribution is 2.28. The van der Waals surface area contributed by atoms with Crippen LogP contribution in [0.25, 0.3) is 0 Å². The number of rotatable bonds is 15. The third-order valence-electron chi connectivity index (χ3n) is 8.80. The van der Waals surface area contributed by atoms with E-state index in [9.17, 15) is 9.59 Å². The van der Waals surface area contributed by atoms with Gasteiger partial charge < -0.3 is 9.47 Å². The summed E-state index contributed by atoms with van der Waals surface area (Å²) in [6.07, 6.45) is 14.2. The fourth-order valence-electron chi connectivity index (χ4n) is 5.59. The second kappa shape index (κ2) is 30.7. The highest BCUT2D eigenvalue weighted by Gasteiger charge is 2.23. The monoisotopic (exact) mass is 735 g/mol. The van der Waals surface area contributed by atoms with E-state index in [-0.39, 0.29) is 17.6 Å². The molecule has 4 nitrogen and oxygen atoms in total. The van der Waals surface area contributed by atoms with Crippen molar-refractivity contribution in [1.82, 2.24) is 0 Å². The molecule has 0 saturated carbocycles. The van der Waals surface area contributed by atoms with Crippen molar-refractivity contribution in [3.05, 3.63) is 155 Å². The van der Waals surface area contributed by atoms with Gasteiger partial charge >= 0.3 is 0 Å². The van der Waals surface area contributed by atoms with Crippen molar-refractivity contribution in [3.63, 3.8) is 0 Å². The molecular formula is C50H70O4. The van der Waals surface area contributed by atoms with Crippen molar-refractivity contribution in [3.8, 4) is 11.5 Å². The predicted molar refractivity (Wildman–Crippen MR) is 233 cm³/mol. The molecule has 0 radical (unpaired) electrons. The third kappa shape index (κ3) is 19.9. The Labute approximate surface area is 329 Å². The van der Waals surface area contributed by atoms with Gasteiger partial charge in [0.25, 0.3) is 0 Å². The summed E-state index contributed by atoms with van der Waals surface area (Å²) < 4.78 is 10.3. The van der Waals surface area contributed by atoms with Crippen LogP contribution in [0.3, 0.4) is 0 Å². The number of ketones is 1. The number of ether oxygens (including phenoxy) is 2. The molecule has 4 rings (SSSR count). The quantitative estimate of drug-likeness (QED) is 0.0693. The Kier molecular flexibility index (Phi) is 28.1. The molecule has 0 bridgehead atoms. The van der Waals surface area contributed by atoms with E-state index in [1.54, 1.807) is 38.5 Å². The maximum Gasteiger partial charge on any atom is 0.166 e. The fraction of sp³-hybridized carbons (Fsp3) is 0.400. The van der Waals surface area contributed by atoms with Crippen LogP contribution in [0.1, 0.15) is 125 Å². The number of Topliss-reactive ketones (excluding diaryl/α,β-unsaturated/α-hetero) is 1. The van der Waals surface area contributed by atoms with Crippen LogP contribution >= 0.6 is 0 Å². The van der Waals surface area contributed by atoms with Gasteiger partial charge in [-0.3, -0.25) is 9.59 Å². The van der Waals surface area contributed by atoms with Gasteiger partial charge in [-0.15, -0.1) is 0 Å². The lowest BCUT2D eigenvalue weighted by atomic mass is 9.83. The molecule has 0 amide bonds. The first-order valence-corrected chi connectivity index (χ1v) is 19.9. The number of aldehydes is 1. The summed E-state index contributed by atoms with van der Waals surface area (Å²) in [5.74, 6) is 3.01. The van der Waals surface area contributed by atoms with E-state index in [0.717, 1.165) is 42.6 Å². The summed E-state index contributed by atoms with van der Waals surface area (Å²) >= 11 is 0. The number of carbonyl (C=O) groups excluding carboxylic acids is 2. The molecule has 0 heterocycles. The first kappa shape index (κ1) is 49.3. The smallest absolute Gasteiger partial charge is 0.166 e. The maximum absolute atomic E-state index is 12.6. The van der Waals surface area contributed by atoms with Crippen molar-refractivity contribution < 1.29 is 19.1 Å². The van der Waals surface area contributed by atoms with Gasteiger partial charge in [-0.25, -0.2) is 0 Å². The Bertz CT molecular complexity index is 1570. The minimum Gasteiger partial charge on any atom is -0.497 e. The van der Waals surface area contributed by atoms with Gasteiger partial charge in [0.05, 0.1) is 14.2 Å². The van der Waals surface area contributed by atoms with Gasteiger partial charge in [0.2, 0.25) is 0 Å². The summed E-state index contributed by atoms with van der Waals surface area (Å²) in [6.45, 7) is 20.9. The molecule has 0 aliphatic rings. The molecule has 0 spiro atoms. The van der Waals surface area contributed by atoms with Crippen LogP contribution in [-0.4, -0.2) is 26.3 Å². The number of allylic oxidation sites excluding steroid dienone is 4. The highest BCUT2D eigenvalue weighted by molar-refractivity contribution is 5.99. The first-order valence-electron chi connectivity index (χ1n) is 19.9. The molecule has 4 atom stereocenters. The highest BCUT2D eigenvalue weighted by atomic mass is 16.5. The standard InChI is InChI=1S/C19H20O3.C19H28O.C8H10.2C2H6/c1-13(16-7-9-18(22-3)10-8-16)14(2)19(21)17-6-4-5-15(11-17)12-20;1-5-6-7-8-9-16(2)14-17(3)15-18-10-12-19(20-4)13-11-18;1-2-8-6-4-3-5-7-8;2*1-2/h4-14H,1-3H3;6-13,16-17H,5,14-15H2,1-4H3;3-7H,2H2,1H3;2*1-2H3/b;7-6-,9-8-;;;. The van der Waals surface area contributed by atoms with E-state index in [1.165, 1.54) is 17.5 Å². The van der Waals surface area contributed by atoms with E-state index in [0.29, 0.717) is 23.0 Å². The van der Waals surface area contributed by atoms with Gasteiger partial charge in [0.1, 0.15) is 17.8 Å². The Morgan fingerprint density at radius 2 is 1.26 bits per heavy atom. The molecule has 4 heteroatoms. The predicted octanol–water partition coefficient (Wildman–Crippen LogP) is 13.9. The third-order valence-corrected chi connectivity index (χ3v) is 8.80. The largest absolute Gasteiger partial charge is 0.497 e. The zero-order valence-corrected chi connectivity index (χ0v) is 35.5. The number of aryl methyl sites for hydroxylation is 1. The summed E-state index contributed by atoms with van der Waals surface area (Å²) in [5.41, 5.74) is 4.99. The van der Waals surface area contributed by atoms with Gasteiger partial charge in [-0.1, -0.05) is 166 Å². The summed E-state index contributed by atoms with van der Waals surface area (Å²) in [6, 6.07) is 33.5. The Morgan fingerprint density at radius 3 is 1.76 bits per heavy atom.